The highest BCUT2D eigenvalue weighted by atomic mass is 79.9. The summed E-state index contributed by atoms with van der Waals surface area (Å²) in [6.45, 7) is 0. The topological polar surface area (TPSA) is 20.2 Å². The van der Waals surface area contributed by atoms with Gasteiger partial charge in [0.1, 0.15) is 5.75 Å². The van der Waals surface area contributed by atoms with E-state index < -0.39 is 34.8 Å². The third-order valence-corrected chi connectivity index (χ3v) is 2.58. The maximum absolute atomic E-state index is 12.5. The van der Waals surface area contributed by atoms with E-state index in [1.165, 1.54) is 0 Å². The average molecular weight is 323 g/mol. The highest BCUT2D eigenvalue weighted by Gasteiger charge is 2.40. The molecule has 0 atom stereocenters. The van der Waals surface area contributed by atoms with Gasteiger partial charge in [-0.1, -0.05) is 15.9 Å². The van der Waals surface area contributed by atoms with Gasteiger partial charge in [0.25, 0.3) is 0 Å². The second-order valence-corrected chi connectivity index (χ2v) is 3.72. The molecule has 1 nitrogen and oxygen atoms in total. The lowest BCUT2D eigenvalue weighted by molar-refractivity contribution is -0.144. The van der Waals surface area contributed by atoms with Crippen molar-refractivity contribution in [1.29, 1.82) is 0 Å². The van der Waals surface area contributed by atoms with Gasteiger partial charge >= 0.3 is 12.4 Å². The molecule has 0 aliphatic heterocycles. The molecule has 8 heteroatoms. The third kappa shape index (κ3) is 3.05. The lowest BCUT2D eigenvalue weighted by Gasteiger charge is -2.16. The van der Waals surface area contributed by atoms with E-state index in [-0.39, 0.29) is 11.4 Å². The Bertz CT molecular complexity index is 423. The molecule has 0 bridgehead atoms. The summed E-state index contributed by atoms with van der Waals surface area (Å²) in [5, 5.41) is 8.73. The zero-order valence-corrected chi connectivity index (χ0v) is 9.54. The standard InChI is InChI=1S/C9H5BrF6O/c10-3-4-1-7(17)6(9(14,15)16)2-5(4)8(11,12)13/h1-2,17H,3H2. The first kappa shape index (κ1) is 14.1. The van der Waals surface area contributed by atoms with Crippen LogP contribution >= 0.6 is 15.9 Å². The largest absolute Gasteiger partial charge is 0.507 e. The van der Waals surface area contributed by atoms with Crippen molar-refractivity contribution in [3.63, 3.8) is 0 Å². The molecule has 0 fully saturated rings. The van der Waals surface area contributed by atoms with Crippen molar-refractivity contribution < 1.29 is 31.4 Å². The van der Waals surface area contributed by atoms with Crippen LogP contribution in [0.3, 0.4) is 0 Å². The molecule has 0 aliphatic rings. The second-order valence-electron chi connectivity index (χ2n) is 3.16. The van der Waals surface area contributed by atoms with Crippen LogP contribution in [-0.4, -0.2) is 5.11 Å². The zero-order valence-electron chi connectivity index (χ0n) is 7.95. The van der Waals surface area contributed by atoms with E-state index in [4.69, 9.17) is 5.11 Å². The Hall–Kier alpha value is -0.920. The molecule has 0 radical (unpaired) electrons. The lowest BCUT2D eigenvalue weighted by atomic mass is 10.0. The van der Waals surface area contributed by atoms with Crippen LogP contribution < -0.4 is 0 Å². The molecule has 0 unspecified atom stereocenters. The molecule has 0 saturated heterocycles. The number of rotatable bonds is 1. The minimum absolute atomic E-state index is 0.0913. The van der Waals surface area contributed by atoms with Crippen LogP contribution in [0.25, 0.3) is 0 Å². The molecular weight excluding hydrogens is 318 g/mol. The van der Waals surface area contributed by atoms with Gasteiger partial charge in [0.2, 0.25) is 0 Å². The van der Waals surface area contributed by atoms with Gasteiger partial charge in [0, 0.05) is 5.33 Å². The quantitative estimate of drug-likeness (QED) is 0.603. The van der Waals surface area contributed by atoms with E-state index >= 15 is 0 Å². The van der Waals surface area contributed by atoms with E-state index in [1.54, 1.807) is 0 Å². The minimum Gasteiger partial charge on any atom is -0.507 e. The molecule has 0 saturated carbocycles. The van der Waals surface area contributed by atoms with Crippen molar-refractivity contribution in [2.75, 3.05) is 0 Å². The summed E-state index contributed by atoms with van der Waals surface area (Å²) in [6, 6.07) is 0.367. The molecule has 0 aliphatic carbocycles. The molecule has 0 spiro atoms. The summed E-state index contributed by atoms with van der Waals surface area (Å²) in [4.78, 5) is 0. The highest BCUT2D eigenvalue weighted by molar-refractivity contribution is 9.08. The first-order chi connectivity index (χ1) is 7.57. The number of phenolic OH excluding ortho intramolecular Hbond substituents is 1. The summed E-state index contributed by atoms with van der Waals surface area (Å²) < 4.78 is 74.3. The van der Waals surface area contributed by atoms with Gasteiger partial charge < -0.3 is 5.11 Å². The predicted octanol–water partition coefficient (Wildman–Crippen LogP) is 4.32. The van der Waals surface area contributed by atoms with E-state index in [9.17, 15) is 26.3 Å². The van der Waals surface area contributed by atoms with Crippen LogP contribution in [0.15, 0.2) is 12.1 Å². The Morgan fingerprint density at radius 1 is 0.941 bits per heavy atom. The summed E-state index contributed by atoms with van der Waals surface area (Å²) in [5.41, 5.74) is -3.57. The Morgan fingerprint density at radius 2 is 1.41 bits per heavy atom. The van der Waals surface area contributed by atoms with E-state index in [0.717, 1.165) is 0 Å². The number of halogens is 7. The van der Waals surface area contributed by atoms with Crippen LogP contribution in [0, 0.1) is 0 Å². The van der Waals surface area contributed by atoms with Gasteiger partial charge in [-0.05, 0) is 17.7 Å². The van der Waals surface area contributed by atoms with E-state index in [1.807, 2.05) is 0 Å². The predicted molar refractivity (Wildman–Crippen MR) is 50.7 cm³/mol. The Labute approximate surface area is 100 Å². The zero-order chi connectivity index (χ0) is 13.4. The first-order valence-corrected chi connectivity index (χ1v) is 5.25. The maximum Gasteiger partial charge on any atom is 0.419 e. The van der Waals surface area contributed by atoms with Crippen molar-refractivity contribution in [3.8, 4) is 5.75 Å². The number of hydrogen-bond acceptors (Lipinski definition) is 1. The van der Waals surface area contributed by atoms with Crippen molar-refractivity contribution in [2.45, 2.75) is 17.7 Å². The molecule has 0 amide bonds. The summed E-state index contributed by atoms with van der Waals surface area (Å²) in [7, 11) is 0. The van der Waals surface area contributed by atoms with Crippen LogP contribution in [0.1, 0.15) is 16.7 Å². The SMILES string of the molecule is Oc1cc(CBr)c(C(F)(F)F)cc1C(F)(F)F. The van der Waals surface area contributed by atoms with Gasteiger partial charge in [-0.15, -0.1) is 0 Å². The van der Waals surface area contributed by atoms with Crippen molar-refractivity contribution >= 4 is 15.9 Å². The average Bonchev–Trinajstić information content (AvgIpc) is 2.13. The summed E-state index contributed by atoms with van der Waals surface area (Å²) in [6.07, 6.45) is -9.94. The molecule has 1 aromatic carbocycles. The molecule has 1 aromatic rings. The Kier molecular flexibility index (Phi) is 3.66. The Morgan fingerprint density at radius 3 is 1.76 bits per heavy atom. The Balaban J connectivity index is 3.49. The molecule has 1 N–H and O–H groups in total. The number of benzene rings is 1. The number of phenols is 1. The van der Waals surface area contributed by atoms with Gasteiger partial charge in [-0.25, -0.2) is 0 Å². The van der Waals surface area contributed by atoms with Crippen LogP contribution in [-0.2, 0) is 17.7 Å². The highest BCUT2D eigenvalue weighted by Crippen LogP contribution is 2.42. The van der Waals surface area contributed by atoms with Crippen molar-refractivity contribution in [2.24, 2.45) is 0 Å². The first-order valence-electron chi connectivity index (χ1n) is 4.13. The van der Waals surface area contributed by atoms with Crippen molar-refractivity contribution in [1.82, 2.24) is 0 Å². The number of hydrogen-bond donors (Lipinski definition) is 1. The van der Waals surface area contributed by atoms with Gasteiger partial charge in [-0.3, -0.25) is 0 Å². The molecule has 17 heavy (non-hydrogen) atoms. The minimum atomic E-state index is -5.03. The summed E-state index contributed by atoms with van der Waals surface area (Å²) >= 11 is 2.72. The molecular formula is C9H5BrF6O. The smallest absolute Gasteiger partial charge is 0.419 e. The second kappa shape index (κ2) is 4.40. The molecule has 1 rings (SSSR count). The number of alkyl halides is 7. The molecule has 0 aromatic heterocycles. The third-order valence-electron chi connectivity index (χ3n) is 1.98. The summed E-state index contributed by atoms with van der Waals surface area (Å²) in [5.74, 6) is -1.22. The number of aromatic hydroxyl groups is 1. The van der Waals surface area contributed by atoms with Gasteiger partial charge in [0.15, 0.2) is 0 Å². The van der Waals surface area contributed by atoms with Gasteiger partial charge in [0.05, 0.1) is 11.1 Å². The molecule has 96 valence electrons. The normalized spacial score (nSPS) is 12.9. The van der Waals surface area contributed by atoms with Crippen LogP contribution in [0.5, 0.6) is 5.75 Å². The fraction of sp³-hybridized carbons (Fsp3) is 0.333. The van der Waals surface area contributed by atoms with E-state index in [2.05, 4.69) is 15.9 Å². The van der Waals surface area contributed by atoms with E-state index in [0.29, 0.717) is 6.07 Å². The van der Waals surface area contributed by atoms with Crippen LogP contribution in [0.4, 0.5) is 26.3 Å². The van der Waals surface area contributed by atoms with Crippen molar-refractivity contribution in [3.05, 3.63) is 28.8 Å². The fourth-order valence-corrected chi connectivity index (χ4v) is 1.70. The maximum atomic E-state index is 12.5. The van der Waals surface area contributed by atoms with Gasteiger partial charge in [-0.2, -0.15) is 26.3 Å². The molecule has 0 heterocycles. The lowest BCUT2D eigenvalue weighted by Crippen LogP contribution is -2.13. The monoisotopic (exact) mass is 322 g/mol. The fourth-order valence-electron chi connectivity index (χ4n) is 1.23. The van der Waals surface area contributed by atoms with Crippen LogP contribution in [0.2, 0.25) is 0 Å².